The molecule has 2 saturated heterocycles. The standard InChI is InChI=1S/C29H56N8/c1-2-22-36(24-20-34-13-3-11-31-17-16-30-10-1)26-28-6-8-29(9-7-28)27-37-23-5-15-33-19-18-32-12-4-14-35-21-25-37/h6-9,30-35H,1-5,10-27H2. The largest absolute Gasteiger partial charge is 0.315 e. The topological polar surface area (TPSA) is 78.7 Å². The molecule has 2 fully saturated rings. The lowest BCUT2D eigenvalue weighted by Crippen LogP contribution is -2.36. The lowest BCUT2D eigenvalue weighted by molar-refractivity contribution is 0.257. The van der Waals surface area contributed by atoms with Crippen LogP contribution >= 0.6 is 0 Å². The molecule has 8 heteroatoms. The van der Waals surface area contributed by atoms with Gasteiger partial charge in [-0.25, -0.2) is 0 Å². The summed E-state index contributed by atoms with van der Waals surface area (Å²) in [4.78, 5) is 5.25. The first kappa shape index (κ1) is 30.4. The molecule has 0 spiro atoms. The van der Waals surface area contributed by atoms with Gasteiger partial charge in [0.25, 0.3) is 0 Å². The predicted octanol–water partition coefficient (Wildman–Crippen LogP) is 0.806. The molecule has 212 valence electrons. The molecule has 6 N–H and O–H groups in total. The van der Waals surface area contributed by atoms with Crippen LogP contribution in [0.15, 0.2) is 24.3 Å². The molecule has 2 aliphatic heterocycles. The van der Waals surface area contributed by atoms with Crippen LogP contribution in [0.25, 0.3) is 0 Å². The Balaban J connectivity index is 1.45. The summed E-state index contributed by atoms with van der Waals surface area (Å²) in [6.07, 6.45) is 6.10. The van der Waals surface area contributed by atoms with E-state index in [0.29, 0.717) is 0 Å². The van der Waals surface area contributed by atoms with Gasteiger partial charge in [-0.15, -0.1) is 0 Å². The normalized spacial score (nSPS) is 22.9. The van der Waals surface area contributed by atoms with Crippen LogP contribution in [-0.4, -0.2) is 115 Å². The average molecular weight is 517 g/mol. The summed E-state index contributed by atoms with van der Waals surface area (Å²) in [5, 5.41) is 21.5. The van der Waals surface area contributed by atoms with Crippen LogP contribution in [0.4, 0.5) is 0 Å². The van der Waals surface area contributed by atoms with E-state index in [1.54, 1.807) is 0 Å². The number of hydrogen-bond acceptors (Lipinski definition) is 8. The Bertz CT molecular complexity index is 626. The molecule has 0 aromatic heterocycles. The smallest absolute Gasteiger partial charge is 0.0234 e. The summed E-state index contributed by atoms with van der Waals surface area (Å²) in [5.41, 5.74) is 2.87. The van der Waals surface area contributed by atoms with Crippen molar-refractivity contribution in [2.24, 2.45) is 0 Å². The first-order valence-electron chi connectivity index (χ1n) is 15.2. The zero-order valence-corrected chi connectivity index (χ0v) is 23.5. The number of nitrogens with one attached hydrogen (secondary N) is 6. The Morgan fingerprint density at radius 1 is 0.378 bits per heavy atom. The van der Waals surface area contributed by atoms with Crippen molar-refractivity contribution >= 4 is 0 Å². The van der Waals surface area contributed by atoms with Crippen molar-refractivity contribution in [2.75, 3.05) is 105 Å². The maximum absolute atomic E-state index is 3.64. The predicted molar refractivity (Wildman–Crippen MR) is 157 cm³/mol. The monoisotopic (exact) mass is 516 g/mol. The van der Waals surface area contributed by atoms with E-state index in [-0.39, 0.29) is 0 Å². The van der Waals surface area contributed by atoms with Crippen molar-refractivity contribution in [2.45, 2.75) is 45.2 Å². The summed E-state index contributed by atoms with van der Waals surface area (Å²) < 4.78 is 0. The first-order valence-corrected chi connectivity index (χ1v) is 15.2. The first-order chi connectivity index (χ1) is 18.4. The molecule has 8 nitrogen and oxygen atoms in total. The molecule has 0 aliphatic carbocycles. The van der Waals surface area contributed by atoms with E-state index in [9.17, 15) is 0 Å². The minimum atomic E-state index is 1.04. The van der Waals surface area contributed by atoms with E-state index < -0.39 is 0 Å². The van der Waals surface area contributed by atoms with Crippen LogP contribution in [0.3, 0.4) is 0 Å². The van der Waals surface area contributed by atoms with Crippen molar-refractivity contribution < 1.29 is 0 Å². The van der Waals surface area contributed by atoms with Gasteiger partial charge in [-0.05, 0) is 95.6 Å². The van der Waals surface area contributed by atoms with Gasteiger partial charge >= 0.3 is 0 Å². The van der Waals surface area contributed by atoms with Crippen molar-refractivity contribution in [3.63, 3.8) is 0 Å². The summed E-state index contributed by atoms with van der Waals surface area (Å²) >= 11 is 0. The molecule has 0 bridgehead atoms. The Kier molecular flexibility index (Phi) is 17.1. The van der Waals surface area contributed by atoms with Crippen molar-refractivity contribution in [3.8, 4) is 0 Å². The van der Waals surface area contributed by atoms with Gasteiger partial charge in [-0.2, -0.15) is 0 Å². The van der Waals surface area contributed by atoms with Gasteiger partial charge < -0.3 is 31.9 Å². The second-order valence-electron chi connectivity index (χ2n) is 10.6. The van der Waals surface area contributed by atoms with Crippen LogP contribution < -0.4 is 31.9 Å². The van der Waals surface area contributed by atoms with E-state index in [1.807, 2.05) is 0 Å². The minimum absolute atomic E-state index is 1.04. The number of benzene rings is 1. The lowest BCUT2D eigenvalue weighted by atomic mass is 10.1. The maximum atomic E-state index is 3.64. The van der Waals surface area contributed by atoms with Gasteiger partial charge in [0.15, 0.2) is 0 Å². The second kappa shape index (κ2) is 20.8. The Labute approximate surface area is 227 Å². The van der Waals surface area contributed by atoms with Crippen LogP contribution in [0.5, 0.6) is 0 Å². The van der Waals surface area contributed by atoms with Gasteiger partial charge in [0.05, 0.1) is 0 Å². The molecule has 1 aromatic carbocycles. The molecule has 0 atom stereocenters. The molecule has 2 heterocycles. The molecule has 0 amide bonds. The van der Waals surface area contributed by atoms with Gasteiger partial charge in [-0.1, -0.05) is 24.3 Å². The Morgan fingerprint density at radius 3 is 1.24 bits per heavy atom. The number of hydrogen-bond donors (Lipinski definition) is 6. The summed E-state index contributed by atoms with van der Waals surface area (Å²) in [7, 11) is 0. The molecule has 3 rings (SSSR count). The van der Waals surface area contributed by atoms with Crippen LogP contribution in [-0.2, 0) is 13.1 Å². The highest BCUT2D eigenvalue weighted by Gasteiger charge is 2.09. The second-order valence-corrected chi connectivity index (χ2v) is 10.6. The Hall–Kier alpha value is -1.10. The zero-order valence-electron chi connectivity index (χ0n) is 23.5. The van der Waals surface area contributed by atoms with Gasteiger partial charge in [0.1, 0.15) is 0 Å². The Morgan fingerprint density at radius 2 is 0.757 bits per heavy atom. The molecule has 37 heavy (non-hydrogen) atoms. The third-order valence-electron chi connectivity index (χ3n) is 7.32. The third kappa shape index (κ3) is 15.2. The summed E-state index contributed by atoms with van der Waals surface area (Å²) in [6, 6.07) is 9.45. The molecular weight excluding hydrogens is 460 g/mol. The van der Waals surface area contributed by atoms with Crippen molar-refractivity contribution in [3.05, 3.63) is 35.4 Å². The number of nitrogens with zero attached hydrogens (tertiary/aromatic N) is 2. The molecule has 1 aromatic rings. The van der Waals surface area contributed by atoms with Crippen molar-refractivity contribution in [1.82, 2.24) is 41.7 Å². The summed E-state index contributed by atoms with van der Waals surface area (Å²) in [6.45, 7) is 19.7. The fraction of sp³-hybridized carbons (Fsp3) is 0.793. The van der Waals surface area contributed by atoms with E-state index in [1.165, 1.54) is 49.8 Å². The molecule has 0 radical (unpaired) electrons. The molecule has 0 saturated carbocycles. The quantitative estimate of drug-likeness (QED) is 0.351. The highest BCUT2D eigenvalue weighted by atomic mass is 15.1. The van der Waals surface area contributed by atoms with E-state index in [4.69, 9.17) is 0 Å². The van der Waals surface area contributed by atoms with E-state index in [2.05, 4.69) is 66.0 Å². The lowest BCUT2D eigenvalue weighted by Gasteiger charge is -2.24. The van der Waals surface area contributed by atoms with Crippen LogP contribution in [0.2, 0.25) is 0 Å². The highest BCUT2D eigenvalue weighted by Crippen LogP contribution is 2.11. The van der Waals surface area contributed by atoms with Crippen LogP contribution in [0, 0.1) is 0 Å². The average Bonchev–Trinajstić information content (AvgIpc) is 2.92. The maximum Gasteiger partial charge on any atom is 0.0234 e. The highest BCUT2D eigenvalue weighted by molar-refractivity contribution is 5.22. The van der Waals surface area contributed by atoms with Crippen molar-refractivity contribution in [1.29, 1.82) is 0 Å². The fourth-order valence-corrected chi connectivity index (χ4v) is 5.07. The SMILES string of the molecule is c1cc(CN2CCCNCCNCCCNCC2)ccc1CN1CCCCNCCNCCCNCC1. The zero-order chi connectivity index (χ0) is 25.6. The summed E-state index contributed by atoms with van der Waals surface area (Å²) in [5.74, 6) is 0. The van der Waals surface area contributed by atoms with Gasteiger partial charge in [0, 0.05) is 65.4 Å². The molecule has 0 unspecified atom stereocenters. The van der Waals surface area contributed by atoms with Gasteiger partial charge in [0.2, 0.25) is 0 Å². The van der Waals surface area contributed by atoms with E-state index >= 15 is 0 Å². The molecular formula is C29H56N8. The van der Waals surface area contributed by atoms with Gasteiger partial charge in [-0.3, -0.25) is 9.80 Å². The van der Waals surface area contributed by atoms with E-state index in [0.717, 1.165) is 111 Å². The van der Waals surface area contributed by atoms with Crippen LogP contribution in [0.1, 0.15) is 43.2 Å². The number of rotatable bonds is 4. The molecule has 2 aliphatic rings. The fourth-order valence-electron chi connectivity index (χ4n) is 5.07. The third-order valence-corrected chi connectivity index (χ3v) is 7.32. The minimum Gasteiger partial charge on any atom is -0.315 e.